The summed E-state index contributed by atoms with van der Waals surface area (Å²) in [6, 6.07) is 0. The normalized spacial score (nSPS) is 8.30. The van der Waals surface area contributed by atoms with E-state index in [9.17, 15) is 4.79 Å². The van der Waals surface area contributed by atoms with E-state index < -0.39 is 0 Å². The maximum Gasteiger partial charge on any atom is 0.337 e. The molecule has 0 fully saturated rings. The number of rotatable bonds is 2. The molecule has 0 aromatic heterocycles. The first kappa shape index (κ1) is 8.95. The van der Waals surface area contributed by atoms with Gasteiger partial charge in [0.05, 0.1) is 12.7 Å². The Bertz CT molecular complexity index is 174. The maximum absolute atomic E-state index is 10.8. The molecular formula is C8H12O2. The third-order valence-electron chi connectivity index (χ3n) is 1.15. The molecule has 0 aromatic carbocycles. The monoisotopic (exact) mass is 140 g/mol. The molecule has 0 rings (SSSR count). The molecule has 0 unspecified atom stereocenters. The minimum absolute atomic E-state index is 0.324. The lowest BCUT2D eigenvalue weighted by Crippen LogP contribution is -2.03. The summed E-state index contributed by atoms with van der Waals surface area (Å²) in [7, 11) is 1.36. The SMILES string of the molecule is C=CC(C(=O)OC)=C(C)C. The van der Waals surface area contributed by atoms with Crippen LogP contribution in [0, 0.1) is 0 Å². The van der Waals surface area contributed by atoms with E-state index >= 15 is 0 Å². The fourth-order valence-electron chi connectivity index (χ4n) is 0.602. The van der Waals surface area contributed by atoms with Gasteiger partial charge in [0, 0.05) is 0 Å². The second-order valence-corrected chi connectivity index (χ2v) is 2.11. The molecule has 0 spiro atoms. The summed E-state index contributed by atoms with van der Waals surface area (Å²) in [6.45, 7) is 7.18. The standard InChI is InChI=1S/C8H12O2/c1-5-7(6(2)3)8(9)10-4/h5H,1H2,2-4H3. The Morgan fingerprint density at radius 3 is 2.10 bits per heavy atom. The van der Waals surface area contributed by atoms with Gasteiger partial charge in [-0.3, -0.25) is 0 Å². The zero-order chi connectivity index (χ0) is 8.15. The molecule has 0 saturated carbocycles. The molecule has 2 heteroatoms. The number of hydrogen-bond acceptors (Lipinski definition) is 2. The smallest absolute Gasteiger partial charge is 0.337 e. The van der Waals surface area contributed by atoms with E-state index in [2.05, 4.69) is 11.3 Å². The van der Waals surface area contributed by atoms with E-state index in [1.165, 1.54) is 13.2 Å². The van der Waals surface area contributed by atoms with E-state index in [1.54, 1.807) is 0 Å². The third kappa shape index (κ3) is 2.05. The zero-order valence-corrected chi connectivity index (χ0v) is 6.60. The Labute approximate surface area is 61.2 Å². The van der Waals surface area contributed by atoms with Crippen molar-refractivity contribution in [1.82, 2.24) is 0 Å². The molecule has 0 aliphatic heterocycles. The van der Waals surface area contributed by atoms with Crippen molar-refractivity contribution in [3.8, 4) is 0 Å². The molecular weight excluding hydrogens is 128 g/mol. The molecule has 0 aliphatic carbocycles. The summed E-state index contributed by atoms with van der Waals surface area (Å²) < 4.78 is 4.50. The summed E-state index contributed by atoms with van der Waals surface area (Å²) in [4.78, 5) is 10.8. The zero-order valence-electron chi connectivity index (χ0n) is 6.60. The van der Waals surface area contributed by atoms with Crippen molar-refractivity contribution < 1.29 is 9.53 Å². The van der Waals surface area contributed by atoms with Gasteiger partial charge in [-0.15, -0.1) is 0 Å². The highest BCUT2D eigenvalue weighted by molar-refractivity contribution is 5.91. The van der Waals surface area contributed by atoms with Gasteiger partial charge in [0.15, 0.2) is 0 Å². The van der Waals surface area contributed by atoms with Crippen LogP contribution in [-0.2, 0) is 9.53 Å². The topological polar surface area (TPSA) is 26.3 Å². The molecule has 0 atom stereocenters. The predicted octanol–water partition coefficient (Wildman–Crippen LogP) is 1.68. The molecule has 0 saturated heterocycles. The molecule has 0 aromatic rings. The van der Waals surface area contributed by atoms with E-state index in [-0.39, 0.29) is 5.97 Å². The fourth-order valence-corrected chi connectivity index (χ4v) is 0.602. The van der Waals surface area contributed by atoms with E-state index in [1.807, 2.05) is 13.8 Å². The highest BCUT2D eigenvalue weighted by atomic mass is 16.5. The largest absolute Gasteiger partial charge is 0.465 e. The molecule has 0 bridgehead atoms. The van der Waals surface area contributed by atoms with Gasteiger partial charge in [-0.05, 0) is 13.8 Å². The van der Waals surface area contributed by atoms with Crippen molar-refractivity contribution >= 4 is 5.97 Å². The van der Waals surface area contributed by atoms with Crippen molar-refractivity contribution in [2.24, 2.45) is 0 Å². The van der Waals surface area contributed by atoms with E-state index in [0.717, 1.165) is 5.57 Å². The number of allylic oxidation sites excluding steroid dienone is 1. The molecule has 10 heavy (non-hydrogen) atoms. The Kier molecular flexibility index (Phi) is 3.47. The lowest BCUT2D eigenvalue weighted by molar-refractivity contribution is -0.135. The van der Waals surface area contributed by atoms with Gasteiger partial charge in [-0.25, -0.2) is 4.79 Å². The van der Waals surface area contributed by atoms with Crippen molar-refractivity contribution in [2.75, 3.05) is 7.11 Å². The second-order valence-electron chi connectivity index (χ2n) is 2.11. The Morgan fingerprint density at radius 1 is 1.50 bits per heavy atom. The highest BCUT2D eigenvalue weighted by Crippen LogP contribution is 2.05. The minimum Gasteiger partial charge on any atom is -0.465 e. The molecule has 2 nitrogen and oxygen atoms in total. The van der Waals surface area contributed by atoms with Gasteiger partial charge in [-0.1, -0.05) is 18.2 Å². The van der Waals surface area contributed by atoms with Crippen LogP contribution in [0.1, 0.15) is 13.8 Å². The maximum atomic E-state index is 10.8. The first-order chi connectivity index (χ1) is 4.63. The van der Waals surface area contributed by atoms with Crippen LogP contribution in [0.5, 0.6) is 0 Å². The van der Waals surface area contributed by atoms with Gasteiger partial charge in [0.2, 0.25) is 0 Å². The van der Waals surface area contributed by atoms with Gasteiger partial charge < -0.3 is 4.74 Å². The van der Waals surface area contributed by atoms with Crippen LogP contribution in [0.25, 0.3) is 0 Å². The van der Waals surface area contributed by atoms with Gasteiger partial charge in [0.25, 0.3) is 0 Å². The lowest BCUT2D eigenvalue weighted by atomic mass is 10.1. The number of esters is 1. The number of carbonyl (C=O) groups excluding carboxylic acids is 1. The lowest BCUT2D eigenvalue weighted by Gasteiger charge is -2.00. The Hall–Kier alpha value is -1.05. The molecule has 0 heterocycles. The van der Waals surface area contributed by atoms with Crippen molar-refractivity contribution in [2.45, 2.75) is 13.8 Å². The van der Waals surface area contributed by atoms with Gasteiger partial charge >= 0.3 is 5.97 Å². The fraction of sp³-hybridized carbons (Fsp3) is 0.375. The molecule has 0 N–H and O–H groups in total. The quantitative estimate of drug-likeness (QED) is 0.331. The number of carbonyl (C=O) groups is 1. The second kappa shape index (κ2) is 3.88. The third-order valence-corrected chi connectivity index (χ3v) is 1.15. The van der Waals surface area contributed by atoms with E-state index in [4.69, 9.17) is 0 Å². The van der Waals surface area contributed by atoms with Crippen LogP contribution in [0.15, 0.2) is 23.8 Å². The summed E-state index contributed by atoms with van der Waals surface area (Å²) in [5.74, 6) is -0.324. The Morgan fingerprint density at radius 2 is 2.00 bits per heavy atom. The van der Waals surface area contributed by atoms with Crippen LogP contribution in [0.4, 0.5) is 0 Å². The Balaban J connectivity index is 4.53. The van der Waals surface area contributed by atoms with Crippen LogP contribution < -0.4 is 0 Å². The summed E-state index contributed by atoms with van der Waals surface area (Å²) in [5.41, 5.74) is 1.46. The number of ether oxygens (including phenoxy) is 1. The van der Waals surface area contributed by atoms with Crippen LogP contribution in [0.2, 0.25) is 0 Å². The summed E-state index contributed by atoms with van der Waals surface area (Å²) in [6.07, 6.45) is 1.50. The van der Waals surface area contributed by atoms with Crippen molar-refractivity contribution in [3.63, 3.8) is 0 Å². The van der Waals surface area contributed by atoms with Crippen molar-refractivity contribution in [1.29, 1.82) is 0 Å². The van der Waals surface area contributed by atoms with Crippen molar-refractivity contribution in [3.05, 3.63) is 23.8 Å². The number of methoxy groups -OCH3 is 1. The molecule has 0 radical (unpaired) electrons. The first-order valence-electron chi connectivity index (χ1n) is 3.01. The van der Waals surface area contributed by atoms with Gasteiger partial charge in [-0.2, -0.15) is 0 Å². The predicted molar refractivity (Wildman–Crippen MR) is 40.6 cm³/mol. The molecule has 56 valence electrons. The average molecular weight is 140 g/mol. The first-order valence-corrected chi connectivity index (χ1v) is 3.01. The summed E-state index contributed by atoms with van der Waals surface area (Å²) in [5, 5.41) is 0. The van der Waals surface area contributed by atoms with Crippen LogP contribution >= 0.6 is 0 Å². The van der Waals surface area contributed by atoms with E-state index in [0.29, 0.717) is 5.57 Å². The van der Waals surface area contributed by atoms with Gasteiger partial charge in [0.1, 0.15) is 0 Å². The van der Waals surface area contributed by atoms with Crippen LogP contribution in [-0.4, -0.2) is 13.1 Å². The highest BCUT2D eigenvalue weighted by Gasteiger charge is 2.05. The van der Waals surface area contributed by atoms with Crippen LogP contribution in [0.3, 0.4) is 0 Å². The number of hydrogen-bond donors (Lipinski definition) is 0. The summed E-state index contributed by atoms with van der Waals surface area (Å²) >= 11 is 0. The average Bonchev–Trinajstić information content (AvgIpc) is 1.88. The molecule has 0 aliphatic rings. The minimum atomic E-state index is -0.324. The molecule has 0 amide bonds.